The number of aliphatic hydroxyl groups is 2. The van der Waals surface area contributed by atoms with E-state index in [9.17, 15) is 10.2 Å². The van der Waals surface area contributed by atoms with E-state index in [2.05, 4.69) is 0 Å². The van der Waals surface area contributed by atoms with Crippen LogP contribution in [0.2, 0.25) is 0 Å². The first-order valence-corrected chi connectivity index (χ1v) is 7.12. The number of hydrogen-bond donors (Lipinski definition) is 3. The van der Waals surface area contributed by atoms with Gasteiger partial charge in [0.2, 0.25) is 0 Å². The standard InChI is InChI=1S/C14H29NO2.Na.H/c1-10(2)8-13(16)14(17)12(15)9-11-6-4-3-5-7-11;;/h10-14,16-17H,3-9,15H2,1-2H3;;/q;+1;-1/t12-,13-,14+;;/m0../s1. The van der Waals surface area contributed by atoms with Crippen molar-refractivity contribution in [2.45, 2.75) is 77.0 Å². The molecule has 0 aromatic carbocycles. The molecule has 1 rings (SSSR count). The van der Waals surface area contributed by atoms with E-state index in [0.29, 0.717) is 18.3 Å². The minimum absolute atomic E-state index is 0. The van der Waals surface area contributed by atoms with Gasteiger partial charge in [0.25, 0.3) is 0 Å². The van der Waals surface area contributed by atoms with Gasteiger partial charge >= 0.3 is 29.6 Å². The summed E-state index contributed by atoms with van der Waals surface area (Å²) in [6.45, 7) is 4.09. The molecule has 0 saturated heterocycles. The average molecular weight is 267 g/mol. The Labute approximate surface area is 135 Å². The fraction of sp³-hybridized carbons (Fsp3) is 1.00. The predicted octanol–water partition coefficient (Wildman–Crippen LogP) is -0.831. The van der Waals surface area contributed by atoms with Gasteiger partial charge in [-0.05, 0) is 24.7 Å². The second-order valence-corrected chi connectivity index (χ2v) is 6.09. The number of rotatable bonds is 6. The van der Waals surface area contributed by atoms with Gasteiger partial charge in [-0.3, -0.25) is 0 Å². The molecular formula is C14H30NNaO2. The molecule has 1 aliphatic carbocycles. The number of nitrogens with two attached hydrogens (primary N) is 1. The molecule has 0 heterocycles. The molecule has 4 N–H and O–H groups in total. The Kier molecular flexibility index (Phi) is 10.2. The summed E-state index contributed by atoms with van der Waals surface area (Å²) in [5.41, 5.74) is 6.01. The first-order valence-electron chi connectivity index (χ1n) is 7.12. The molecule has 1 fully saturated rings. The van der Waals surface area contributed by atoms with Crippen molar-refractivity contribution in [1.82, 2.24) is 0 Å². The van der Waals surface area contributed by atoms with Crippen molar-refractivity contribution in [3.63, 3.8) is 0 Å². The first-order chi connectivity index (χ1) is 8.00. The minimum atomic E-state index is -0.765. The maximum absolute atomic E-state index is 9.99. The van der Waals surface area contributed by atoms with Crippen molar-refractivity contribution >= 4 is 0 Å². The van der Waals surface area contributed by atoms with E-state index in [1.165, 1.54) is 32.1 Å². The molecule has 0 unspecified atom stereocenters. The van der Waals surface area contributed by atoms with Crippen LogP contribution in [0.25, 0.3) is 0 Å². The van der Waals surface area contributed by atoms with Gasteiger partial charge in [-0.15, -0.1) is 0 Å². The van der Waals surface area contributed by atoms with Gasteiger partial charge in [0.1, 0.15) is 0 Å². The van der Waals surface area contributed by atoms with Crippen molar-refractivity contribution in [3.05, 3.63) is 0 Å². The quantitative estimate of drug-likeness (QED) is 0.550. The summed E-state index contributed by atoms with van der Waals surface area (Å²) >= 11 is 0. The number of hydrogen-bond acceptors (Lipinski definition) is 3. The third-order valence-corrected chi connectivity index (χ3v) is 3.88. The Morgan fingerprint density at radius 1 is 1.17 bits per heavy atom. The Morgan fingerprint density at radius 2 is 1.72 bits per heavy atom. The number of aliphatic hydroxyl groups excluding tert-OH is 2. The van der Waals surface area contributed by atoms with Crippen molar-refractivity contribution in [2.75, 3.05) is 0 Å². The second kappa shape index (κ2) is 9.73. The summed E-state index contributed by atoms with van der Waals surface area (Å²) in [6, 6.07) is -0.271. The zero-order valence-electron chi connectivity index (χ0n) is 13.3. The van der Waals surface area contributed by atoms with E-state index in [4.69, 9.17) is 5.73 Å². The normalized spacial score (nSPS) is 22.3. The van der Waals surface area contributed by atoms with E-state index in [0.717, 1.165) is 6.42 Å². The Bertz CT molecular complexity index is 214. The van der Waals surface area contributed by atoms with Gasteiger partial charge in [0.05, 0.1) is 12.2 Å². The van der Waals surface area contributed by atoms with Crippen LogP contribution in [0.4, 0.5) is 0 Å². The van der Waals surface area contributed by atoms with Crippen LogP contribution in [0, 0.1) is 11.8 Å². The van der Waals surface area contributed by atoms with Gasteiger partial charge < -0.3 is 17.4 Å². The molecule has 1 aliphatic rings. The molecule has 0 aromatic rings. The fourth-order valence-electron chi connectivity index (χ4n) is 2.85. The maximum Gasteiger partial charge on any atom is 1.00 e. The summed E-state index contributed by atoms with van der Waals surface area (Å²) in [5, 5.41) is 19.8. The zero-order chi connectivity index (χ0) is 12.8. The van der Waals surface area contributed by atoms with Crippen LogP contribution in [-0.4, -0.2) is 28.5 Å². The van der Waals surface area contributed by atoms with Crippen molar-refractivity contribution in [1.29, 1.82) is 0 Å². The molecule has 0 bridgehead atoms. The largest absolute Gasteiger partial charge is 1.00 e. The Balaban J connectivity index is 0. The van der Waals surface area contributed by atoms with E-state index < -0.39 is 12.2 Å². The summed E-state index contributed by atoms with van der Waals surface area (Å²) in [5.74, 6) is 1.04. The summed E-state index contributed by atoms with van der Waals surface area (Å²) in [4.78, 5) is 0. The van der Waals surface area contributed by atoms with Crippen LogP contribution in [-0.2, 0) is 0 Å². The fourth-order valence-corrected chi connectivity index (χ4v) is 2.85. The van der Waals surface area contributed by atoms with Crippen LogP contribution in [0.15, 0.2) is 0 Å². The van der Waals surface area contributed by atoms with Gasteiger partial charge in [-0.1, -0.05) is 46.0 Å². The average Bonchev–Trinajstić information content (AvgIpc) is 2.28. The minimum Gasteiger partial charge on any atom is -1.00 e. The SMILES string of the molecule is CC(C)C[C@H](O)[C@H](O)[C@@H](N)CC1CCCCC1.[H-].[Na+]. The van der Waals surface area contributed by atoms with Crippen LogP contribution in [0.3, 0.4) is 0 Å². The molecule has 1 saturated carbocycles. The van der Waals surface area contributed by atoms with E-state index in [-0.39, 0.29) is 37.0 Å². The second-order valence-electron chi connectivity index (χ2n) is 6.09. The maximum atomic E-state index is 9.99. The Hall–Kier alpha value is 0.880. The summed E-state index contributed by atoms with van der Waals surface area (Å²) in [6.07, 6.45) is 6.44. The van der Waals surface area contributed by atoms with Crippen LogP contribution in [0.5, 0.6) is 0 Å². The first kappa shape index (κ1) is 18.9. The van der Waals surface area contributed by atoms with Crippen molar-refractivity contribution in [3.8, 4) is 0 Å². The molecule has 4 heteroatoms. The Morgan fingerprint density at radius 3 is 2.22 bits per heavy atom. The van der Waals surface area contributed by atoms with Gasteiger partial charge in [0.15, 0.2) is 0 Å². The molecule has 0 spiro atoms. The van der Waals surface area contributed by atoms with Gasteiger partial charge in [-0.25, -0.2) is 0 Å². The third-order valence-electron chi connectivity index (χ3n) is 3.88. The molecular weight excluding hydrogens is 237 g/mol. The van der Waals surface area contributed by atoms with Crippen LogP contribution in [0.1, 0.15) is 60.2 Å². The zero-order valence-corrected chi connectivity index (χ0v) is 14.3. The topological polar surface area (TPSA) is 66.5 Å². The van der Waals surface area contributed by atoms with Crippen LogP contribution >= 0.6 is 0 Å². The van der Waals surface area contributed by atoms with E-state index in [1.807, 2.05) is 13.8 Å². The smallest absolute Gasteiger partial charge is 1.00 e. The van der Waals surface area contributed by atoms with Gasteiger partial charge in [-0.2, -0.15) is 0 Å². The molecule has 0 aliphatic heterocycles. The molecule has 3 nitrogen and oxygen atoms in total. The summed E-state index contributed by atoms with van der Waals surface area (Å²) in [7, 11) is 0. The predicted molar refractivity (Wildman–Crippen MR) is 71.7 cm³/mol. The van der Waals surface area contributed by atoms with Crippen LogP contribution < -0.4 is 35.3 Å². The molecule has 0 radical (unpaired) electrons. The monoisotopic (exact) mass is 267 g/mol. The van der Waals surface area contributed by atoms with Crippen molar-refractivity contribution in [2.24, 2.45) is 17.6 Å². The van der Waals surface area contributed by atoms with E-state index in [1.54, 1.807) is 0 Å². The van der Waals surface area contributed by atoms with Gasteiger partial charge in [0, 0.05) is 6.04 Å². The third kappa shape index (κ3) is 6.88. The van der Waals surface area contributed by atoms with E-state index >= 15 is 0 Å². The molecule has 18 heavy (non-hydrogen) atoms. The molecule has 104 valence electrons. The molecule has 0 aromatic heterocycles. The van der Waals surface area contributed by atoms with Crippen molar-refractivity contribution < 1.29 is 41.2 Å². The molecule has 3 atom stereocenters. The molecule has 0 amide bonds. The summed E-state index contributed by atoms with van der Waals surface area (Å²) < 4.78 is 0.